The van der Waals surface area contributed by atoms with Gasteiger partial charge < -0.3 is 111 Å². The molecule has 7 amide bonds. The third-order valence-electron chi connectivity index (χ3n) is 15.1. The predicted molar refractivity (Wildman–Crippen MR) is 430 cm³/mol. The number of ether oxygens (including phenoxy) is 7. The number of benzene rings is 4. The number of nitrogens with zero attached hydrogens (tertiary/aromatic N) is 12. The summed E-state index contributed by atoms with van der Waals surface area (Å²) in [6, 6.07) is 12.5. The summed E-state index contributed by atoms with van der Waals surface area (Å²) >= 11 is 3.45. The lowest BCUT2D eigenvalue weighted by atomic mass is 10.1. The number of anilines is 10. The van der Waals surface area contributed by atoms with Crippen LogP contribution < -0.4 is 85.7 Å². The summed E-state index contributed by atoms with van der Waals surface area (Å²) in [5.41, 5.74) is 24.1. The summed E-state index contributed by atoms with van der Waals surface area (Å²) in [7, 11) is 8.36. The van der Waals surface area contributed by atoms with Crippen LogP contribution in [0.4, 0.5) is 90.6 Å². The number of nitrogens with one attached hydrogen (secondary N) is 14. The molecule has 3 atom stereocenters. The molecule has 11 rings (SSSR count). The molecule has 6 aliphatic heterocycles. The molecule has 0 spiro atoms. The Balaban J connectivity index is 0.000000199. The number of aromatic hydroxyl groups is 3. The Hall–Kier alpha value is -14.5. The second-order valence-corrected chi connectivity index (χ2v) is 26.7. The lowest BCUT2D eigenvalue weighted by Gasteiger charge is -2.39. The van der Waals surface area contributed by atoms with Gasteiger partial charge in [-0.05, 0) is 41.5 Å². The summed E-state index contributed by atoms with van der Waals surface area (Å²) in [5.74, 6) is -4.43. The molecule has 0 saturated carbocycles. The number of aliphatic carboxylic acids is 3. The molecular weight excluding hydrogens is 1680 g/mol. The number of hydrazine groups is 3. The van der Waals surface area contributed by atoms with Gasteiger partial charge in [0.2, 0.25) is 42.0 Å². The first-order valence-electron chi connectivity index (χ1n) is 33.6. The second-order valence-electron chi connectivity index (χ2n) is 23.0. The molecule has 5 aromatic rings. The maximum absolute atomic E-state index is 12.8. The average molecular weight is 1760 g/mol. The Labute approximate surface area is 691 Å². The average Bonchev–Trinajstić information content (AvgIpc) is 0.779. The zero-order valence-corrected chi connectivity index (χ0v) is 66.7. The standard InChI is InChI=1S/C17H21FN6O4S.C16H19N7O7S.C15H17N7O8S.C15H17N7O6S/c1-3-14(26)19-6-13-22-16(29-8-18)23-15-20-10-5-12(25)11(21-17(27)28-2)4-9(10)7-24(13)15;1-29-15(27)18-9-3-7-5-23-12(17-8(7)4-10(9)24)19-14(31-6-11(25)26)20-13(23)21-22-16(28)30-2;1-28-14(26)17-6-4-9-7(3-8(6)23)16-11-18-13(31-5-10(24)25)19-12(22(11)30-9)20-21-15(27)29-2;1-27-11(25)8-5-7(3-4-9(8)16)17-12-18-13(21-22-15(26)28-2)20-14(19-12)29-6-10(23)24/h4-5,13,25H,3,6-8H2,1-2H3,(H,19,26)(H,21,27)(H,20,22,23);3-4,13,21,24H,5-6H2,1-2H3,(H,18,27)(H,22,28)(H,25,26)(H,17,19,20);3-4,12,20,23H,5H2,1-2H3,(H,17,26)(H,21,27)(H,24,25)(H,16,18,19);3-5H,6,16H2,1-2H3,(H,22,26)(H,23,24)(H2,17,18,19,20,21). The number of carboxylic acids is 3. The van der Waals surface area contributed by atoms with E-state index in [1.807, 2.05) is 4.90 Å². The van der Waals surface area contributed by atoms with Gasteiger partial charge >= 0.3 is 60.4 Å². The number of aromatic nitrogens is 3. The third kappa shape index (κ3) is 26.0. The van der Waals surface area contributed by atoms with Crippen LogP contribution in [-0.4, -0.2) is 259 Å². The van der Waals surface area contributed by atoms with Crippen LogP contribution in [0.25, 0.3) is 0 Å². The molecule has 0 aliphatic carbocycles. The van der Waals surface area contributed by atoms with E-state index in [4.69, 9.17) is 25.9 Å². The molecule has 52 nitrogen and oxygen atoms in total. The zero-order valence-electron chi connectivity index (χ0n) is 63.5. The van der Waals surface area contributed by atoms with Gasteiger partial charge in [-0.15, -0.1) is 5.06 Å². The summed E-state index contributed by atoms with van der Waals surface area (Å²) in [6.07, 6.45) is -6.67. The van der Waals surface area contributed by atoms with Gasteiger partial charge in [-0.3, -0.25) is 51.4 Å². The van der Waals surface area contributed by atoms with E-state index in [2.05, 4.69) is 153 Å². The van der Waals surface area contributed by atoms with E-state index in [1.54, 1.807) is 30.0 Å². The molecule has 22 N–H and O–H groups in total. The molecule has 7 heterocycles. The molecule has 0 radical (unpaired) electrons. The number of phenols is 3. The number of amidine groups is 3. The van der Waals surface area contributed by atoms with Crippen LogP contribution in [0.5, 0.6) is 23.0 Å². The van der Waals surface area contributed by atoms with Crippen molar-refractivity contribution in [2.45, 2.75) is 50.3 Å². The number of carbonyl (C=O) groups is 11. The molecule has 0 fully saturated rings. The molecule has 120 heavy (non-hydrogen) atoms. The van der Waals surface area contributed by atoms with E-state index < -0.39 is 85.2 Å². The Bertz CT molecular complexity index is 4780. The summed E-state index contributed by atoms with van der Waals surface area (Å²) in [5, 5.41) is 80.7. The van der Waals surface area contributed by atoms with Gasteiger partial charge in [0, 0.05) is 53.4 Å². The fourth-order valence-electron chi connectivity index (χ4n) is 9.69. The highest BCUT2D eigenvalue weighted by Crippen LogP contribution is 2.41. The van der Waals surface area contributed by atoms with Crippen molar-refractivity contribution in [2.24, 2.45) is 30.0 Å². The number of thioether (sulfide) groups is 4. The Kier molecular flexibility index (Phi) is 33.0. The zero-order chi connectivity index (χ0) is 87.4. The molecule has 4 aromatic carbocycles. The van der Waals surface area contributed by atoms with Crippen LogP contribution in [0.2, 0.25) is 0 Å². The van der Waals surface area contributed by atoms with Crippen LogP contribution in [0.15, 0.2) is 89.7 Å². The topological polar surface area (TPSA) is 700 Å². The van der Waals surface area contributed by atoms with Gasteiger partial charge in [0.15, 0.2) is 32.7 Å². The molecule has 1 aromatic heterocycles. The van der Waals surface area contributed by atoms with Crippen molar-refractivity contribution in [3.8, 4) is 23.0 Å². The summed E-state index contributed by atoms with van der Waals surface area (Å²) < 4.78 is 44.5. The van der Waals surface area contributed by atoms with Gasteiger partial charge in [0.1, 0.15) is 29.4 Å². The fraction of sp³-hybridized carbons (Fsp3) is 0.302. The fourth-order valence-corrected chi connectivity index (χ4v) is 11.8. The van der Waals surface area contributed by atoms with E-state index in [-0.39, 0.29) is 126 Å². The highest BCUT2D eigenvalue weighted by Gasteiger charge is 2.38. The molecule has 57 heteroatoms. The lowest BCUT2D eigenvalue weighted by molar-refractivity contribution is -0.134. The number of methoxy groups -OCH3 is 7. The van der Waals surface area contributed by atoms with Crippen LogP contribution >= 0.6 is 47.0 Å². The molecule has 642 valence electrons. The molecule has 0 bridgehead atoms. The van der Waals surface area contributed by atoms with Crippen molar-refractivity contribution in [3.63, 3.8) is 0 Å². The number of aliphatic imine (C=N–C) groups is 6. The van der Waals surface area contributed by atoms with Gasteiger partial charge in [0.25, 0.3) is 0 Å². The smallest absolute Gasteiger partial charge is 0.425 e. The monoisotopic (exact) mass is 1760 g/mol. The highest BCUT2D eigenvalue weighted by atomic mass is 32.2. The number of phenolic OH excluding ortho intramolecular Hbond substituents is 3. The van der Waals surface area contributed by atoms with Crippen LogP contribution in [0, 0.1) is 0 Å². The van der Waals surface area contributed by atoms with E-state index in [0.717, 1.165) is 57.7 Å². The van der Waals surface area contributed by atoms with E-state index in [0.29, 0.717) is 53.2 Å². The van der Waals surface area contributed by atoms with Crippen molar-refractivity contribution < 1.29 is 126 Å². The van der Waals surface area contributed by atoms with Gasteiger partial charge in [0.05, 0.1) is 115 Å². The molecule has 6 aliphatic rings. The quantitative estimate of drug-likeness (QED) is 0.0111. The number of rotatable bonds is 23. The first kappa shape index (κ1) is 91.1. The van der Waals surface area contributed by atoms with E-state index in [9.17, 15) is 72.4 Å². The predicted octanol–water partition coefficient (Wildman–Crippen LogP) is 3.64. The number of fused-ring (bicyclic) bond motifs is 6. The molecular formula is C63H74FN27O25S4. The number of nitrogens with two attached hydrogens (primary N) is 1. The second kappa shape index (κ2) is 43.5. The number of halogens is 1. The summed E-state index contributed by atoms with van der Waals surface area (Å²) in [6.45, 7) is 2.54. The number of hydroxylamine groups is 2. The van der Waals surface area contributed by atoms with Crippen molar-refractivity contribution in [1.29, 1.82) is 0 Å². The maximum Gasteiger partial charge on any atom is 0.425 e. The maximum atomic E-state index is 12.8. The minimum Gasteiger partial charge on any atom is -0.506 e. The van der Waals surface area contributed by atoms with Gasteiger partial charge in [-0.2, -0.15) is 40.8 Å². The van der Waals surface area contributed by atoms with Gasteiger partial charge in [-0.25, -0.2) is 58.4 Å². The van der Waals surface area contributed by atoms with E-state index >= 15 is 0 Å². The summed E-state index contributed by atoms with van der Waals surface area (Å²) in [4.78, 5) is 172. The first-order valence-corrected chi connectivity index (χ1v) is 37.6. The van der Waals surface area contributed by atoms with Crippen LogP contribution in [-0.2, 0) is 65.4 Å². The SMILES string of the molecule is CCC(=O)NCC1N=C(SCF)N=C2Nc3cc(O)c(NC(=O)OC)cc3CN21.COC(=O)NNC1N=C(SCC(=O)O)N=C2Nc3cc(O)c(NC(=O)OC)cc3CN21.COC(=O)NNC1N=C(SCC(=O)O)N=C2Nc3cc(O)c(NC(=O)OC)cc3ON21.COC(=O)NNc1nc(Nc2ccc(N)c(C(=O)OC)c2)nc(SCC(=O)O)n1. The highest BCUT2D eigenvalue weighted by molar-refractivity contribution is 8.14. The molecule has 0 saturated heterocycles. The number of amides is 7. The molecule has 3 unspecified atom stereocenters. The van der Waals surface area contributed by atoms with Crippen LogP contribution in [0.1, 0.15) is 34.8 Å². The Morgan fingerprint density at radius 1 is 0.542 bits per heavy atom. The Morgan fingerprint density at radius 2 is 1.01 bits per heavy atom. The van der Waals surface area contributed by atoms with Crippen molar-refractivity contribution in [1.82, 2.24) is 62.3 Å². The van der Waals surface area contributed by atoms with Crippen molar-refractivity contribution in [2.75, 3.05) is 128 Å². The normalized spacial score (nSPS) is 15.1. The van der Waals surface area contributed by atoms with E-state index in [1.165, 1.54) is 86.2 Å². The minimum atomic E-state index is -1.07. The minimum absolute atomic E-state index is 0.0163. The third-order valence-corrected chi connectivity index (χ3v) is 18.2. The number of carbonyl (C=O) groups excluding carboxylic acids is 8. The van der Waals surface area contributed by atoms with Crippen molar-refractivity contribution >= 4 is 204 Å². The number of hydrogen-bond donors (Lipinski definition) is 21. The number of guanidine groups is 3. The first-order chi connectivity index (χ1) is 57.4. The largest absolute Gasteiger partial charge is 0.506 e. The number of esters is 1. The number of hydrogen-bond acceptors (Lipinski definition) is 46. The Morgan fingerprint density at radius 3 is 1.53 bits per heavy atom. The number of nitrogen functional groups attached to an aromatic ring is 1. The van der Waals surface area contributed by atoms with Gasteiger partial charge in [-0.1, -0.05) is 54.0 Å². The van der Waals surface area contributed by atoms with Crippen LogP contribution in [0.3, 0.4) is 0 Å². The number of carboxylic acid groups (broad SMARTS) is 3. The number of alkyl halides is 1. The lowest BCUT2D eigenvalue weighted by Crippen LogP contribution is -2.59. The van der Waals surface area contributed by atoms with Crippen molar-refractivity contribution in [3.05, 3.63) is 71.3 Å².